The van der Waals surface area contributed by atoms with Crippen LogP contribution in [0.3, 0.4) is 0 Å². The number of benzene rings is 1. The molecule has 3 aromatic heterocycles. The van der Waals surface area contributed by atoms with Gasteiger partial charge in [0.25, 0.3) is 0 Å². The number of halogens is 1. The predicted molar refractivity (Wildman–Crippen MR) is 96.3 cm³/mol. The standard InChI is InChI=1S/C18H14BrN3O2/c1-10-16(17-15(19)12-5-3-4-6-13(12)20-17)21-14-9-11(18(23)24-2)7-8-22(10)14/h3-9,20H,1-2H3. The van der Waals surface area contributed by atoms with E-state index >= 15 is 0 Å². The van der Waals surface area contributed by atoms with Crippen molar-refractivity contribution in [3.05, 3.63) is 58.3 Å². The van der Waals surface area contributed by atoms with E-state index in [1.54, 1.807) is 12.1 Å². The van der Waals surface area contributed by atoms with Gasteiger partial charge in [-0.3, -0.25) is 0 Å². The molecule has 0 bridgehead atoms. The molecule has 0 amide bonds. The average molecular weight is 384 g/mol. The second-order valence-electron chi connectivity index (χ2n) is 5.54. The van der Waals surface area contributed by atoms with Gasteiger partial charge in [0.2, 0.25) is 0 Å². The van der Waals surface area contributed by atoms with Gasteiger partial charge in [0.15, 0.2) is 0 Å². The van der Waals surface area contributed by atoms with Gasteiger partial charge in [0, 0.05) is 22.8 Å². The second kappa shape index (κ2) is 5.49. The number of H-pyrrole nitrogens is 1. The van der Waals surface area contributed by atoms with Crippen LogP contribution < -0.4 is 0 Å². The van der Waals surface area contributed by atoms with E-state index in [9.17, 15) is 4.79 Å². The van der Waals surface area contributed by atoms with Crippen LogP contribution in [0, 0.1) is 6.92 Å². The Kier molecular flexibility index (Phi) is 3.42. The summed E-state index contributed by atoms with van der Waals surface area (Å²) in [6.45, 7) is 2.01. The molecule has 0 radical (unpaired) electrons. The van der Waals surface area contributed by atoms with E-state index in [0.717, 1.165) is 32.5 Å². The highest BCUT2D eigenvalue weighted by Gasteiger charge is 2.18. The summed E-state index contributed by atoms with van der Waals surface area (Å²) >= 11 is 3.67. The summed E-state index contributed by atoms with van der Waals surface area (Å²) < 4.78 is 7.72. The molecule has 1 N–H and O–H groups in total. The molecule has 0 unspecified atom stereocenters. The Morgan fingerprint density at radius 3 is 2.83 bits per heavy atom. The third-order valence-electron chi connectivity index (χ3n) is 4.17. The van der Waals surface area contributed by atoms with Gasteiger partial charge in [0.05, 0.1) is 22.8 Å². The highest BCUT2D eigenvalue weighted by atomic mass is 79.9. The molecule has 0 aliphatic carbocycles. The van der Waals surface area contributed by atoms with Gasteiger partial charge < -0.3 is 14.1 Å². The van der Waals surface area contributed by atoms with Gasteiger partial charge in [-0.1, -0.05) is 18.2 Å². The Morgan fingerprint density at radius 1 is 1.29 bits per heavy atom. The molecule has 0 atom stereocenters. The Balaban J connectivity index is 1.94. The van der Waals surface area contributed by atoms with E-state index < -0.39 is 0 Å². The molecule has 0 saturated heterocycles. The number of methoxy groups -OCH3 is 1. The van der Waals surface area contributed by atoms with Gasteiger partial charge in [-0.25, -0.2) is 9.78 Å². The quantitative estimate of drug-likeness (QED) is 0.523. The van der Waals surface area contributed by atoms with Crippen LogP contribution in [0.25, 0.3) is 27.9 Å². The van der Waals surface area contributed by atoms with Crippen LogP contribution >= 0.6 is 15.9 Å². The number of fused-ring (bicyclic) bond motifs is 2. The molecule has 24 heavy (non-hydrogen) atoms. The van der Waals surface area contributed by atoms with Crippen molar-refractivity contribution in [3.8, 4) is 11.4 Å². The number of hydrogen-bond donors (Lipinski definition) is 1. The number of aromatic amines is 1. The molecular weight excluding hydrogens is 370 g/mol. The highest BCUT2D eigenvalue weighted by Crippen LogP contribution is 2.35. The van der Waals surface area contributed by atoms with E-state index in [-0.39, 0.29) is 5.97 Å². The average Bonchev–Trinajstić information content (AvgIpc) is 3.11. The molecule has 0 saturated carbocycles. The van der Waals surface area contributed by atoms with Crippen LogP contribution in [-0.2, 0) is 4.74 Å². The zero-order chi connectivity index (χ0) is 16.8. The summed E-state index contributed by atoms with van der Waals surface area (Å²) in [7, 11) is 1.37. The van der Waals surface area contributed by atoms with Gasteiger partial charge in [-0.15, -0.1) is 0 Å². The van der Waals surface area contributed by atoms with Crippen molar-refractivity contribution >= 4 is 38.4 Å². The van der Waals surface area contributed by atoms with E-state index in [2.05, 4.69) is 27.0 Å². The number of rotatable bonds is 2. The normalized spacial score (nSPS) is 11.3. The first-order valence-electron chi connectivity index (χ1n) is 7.43. The van der Waals surface area contributed by atoms with Crippen molar-refractivity contribution < 1.29 is 9.53 Å². The first-order chi connectivity index (χ1) is 11.6. The topological polar surface area (TPSA) is 59.4 Å². The van der Waals surface area contributed by atoms with Crippen LogP contribution in [0.15, 0.2) is 47.1 Å². The van der Waals surface area contributed by atoms with Crippen LogP contribution in [0.4, 0.5) is 0 Å². The Hall–Kier alpha value is -2.60. The first-order valence-corrected chi connectivity index (χ1v) is 8.23. The van der Waals surface area contributed by atoms with Gasteiger partial charge >= 0.3 is 5.97 Å². The SMILES string of the molecule is COC(=O)c1ccn2c(C)c(-c3[nH]c4ccccc4c3Br)nc2c1. The minimum atomic E-state index is -0.369. The van der Waals surface area contributed by atoms with E-state index in [1.165, 1.54) is 7.11 Å². The summed E-state index contributed by atoms with van der Waals surface area (Å²) in [5, 5.41) is 1.11. The fraction of sp³-hybridized carbons (Fsp3) is 0.111. The number of nitrogens with one attached hydrogen (secondary N) is 1. The van der Waals surface area contributed by atoms with Crippen LogP contribution in [-0.4, -0.2) is 27.4 Å². The lowest BCUT2D eigenvalue weighted by Crippen LogP contribution is -2.02. The number of nitrogens with zero attached hydrogens (tertiary/aromatic N) is 2. The minimum Gasteiger partial charge on any atom is -0.465 e. The fourth-order valence-corrected chi connectivity index (χ4v) is 3.55. The van der Waals surface area contributed by atoms with Crippen molar-refractivity contribution in [2.75, 3.05) is 7.11 Å². The number of esters is 1. The molecule has 6 heteroatoms. The number of pyridine rings is 1. The van der Waals surface area contributed by atoms with Crippen LogP contribution in [0.5, 0.6) is 0 Å². The smallest absolute Gasteiger partial charge is 0.338 e. The zero-order valence-electron chi connectivity index (χ0n) is 13.1. The summed E-state index contributed by atoms with van der Waals surface area (Å²) in [6.07, 6.45) is 1.84. The van der Waals surface area contributed by atoms with Crippen molar-refractivity contribution in [3.63, 3.8) is 0 Å². The molecule has 4 rings (SSSR count). The number of aromatic nitrogens is 3. The Bertz CT molecular complexity index is 1090. The largest absolute Gasteiger partial charge is 0.465 e. The maximum absolute atomic E-state index is 11.7. The maximum Gasteiger partial charge on any atom is 0.338 e. The highest BCUT2D eigenvalue weighted by molar-refractivity contribution is 9.10. The Labute approximate surface area is 146 Å². The first kappa shape index (κ1) is 15.0. The summed E-state index contributed by atoms with van der Waals surface area (Å²) in [6, 6.07) is 11.6. The monoisotopic (exact) mass is 383 g/mol. The fourth-order valence-electron chi connectivity index (χ4n) is 2.92. The van der Waals surface area contributed by atoms with Gasteiger partial charge in [-0.2, -0.15) is 0 Å². The lowest BCUT2D eigenvalue weighted by molar-refractivity contribution is 0.0600. The molecule has 120 valence electrons. The number of hydrogen-bond acceptors (Lipinski definition) is 3. The minimum absolute atomic E-state index is 0.369. The predicted octanol–water partition coefficient (Wildman–Crippen LogP) is 4.34. The molecule has 1 aromatic carbocycles. The number of imidazole rings is 1. The van der Waals surface area contributed by atoms with Crippen molar-refractivity contribution in [1.82, 2.24) is 14.4 Å². The lowest BCUT2D eigenvalue weighted by Gasteiger charge is -2.00. The van der Waals surface area contributed by atoms with E-state index in [0.29, 0.717) is 11.2 Å². The van der Waals surface area contributed by atoms with Crippen molar-refractivity contribution in [2.45, 2.75) is 6.92 Å². The van der Waals surface area contributed by atoms with E-state index in [1.807, 2.05) is 35.7 Å². The third kappa shape index (κ3) is 2.14. The van der Waals surface area contributed by atoms with Gasteiger partial charge in [-0.05, 0) is 41.1 Å². The molecule has 0 aliphatic rings. The van der Waals surface area contributed by atoms with Gasteiger partial charge in [0.1, 0.15) is 11.3 Å². The molecular formula is C18H14BrN3O2. The zero-order valence-corrected chi connectivity index (χ0v) is 14.7. The number of aryl methyl sites for hydroxylation is 1. The summed E-state index contributed by atoms with van der Waals surface area (Å²) in [5.41, 5.74) is 5.00. The summed E-state index contributed by atoms with van der Waals surface area (Å²) in [5.74, 6) is -0.369. The second-order valence-corrected chi connectivity index (χ2v) is 6.33. The molecule has 0 aliphatic heterocycles. The van der Waals surface area contributed by atoms with E-state index in [4.69, 9.17) is 9.72 Å². The molecule has 4 aromatic rings. The molecule has 0 spiro atoms. The Morgan fingerprint density at radius 2 is 2.08 bits per heavy atom. The third-order valence-corrected chi connectivity index (χ3v) is 4.99. The number of carbonyl (C=O) groups is 1. The molecule has 5 nitrogen and oxygen atoms in total. The van der Waals surface area contributed by atoms with Crippen molar-refractivity contribution in [1.29, 1.82) is 0 Å². The van der Waals surface area contributed by atoms with Crippen LogP contribution in [0.2, 0.25) is 0 Å². The molecule has 3 heterocycles. The number of ether oxygens (including phenoxy) is 1. The maximum atomic E-state index is 11.7. The number of para-hydroxylation sites is 1. The van der Waals surface area contributed by atoms with Crippen LogP contribution in [0.1, 0.15) is 16.1 Å². The number of carbonyl (C=O) groups excluding carboxylic acids is 1. The molecule has 0 fully saturated rings. The lowest BCUT2D eigenvalue weighted by atomic mass is 10.2. The summed E-state index contributed by atoms with van der Waals surface area (Å²) in [4.78, 5) is 19.8. The van der Waals surface area contributed by atoms with Crippen molar-refractivity contribution in [2.24, 2.45) is 0 Å².